The predicted octanol–water partition coefficient (Wildman–Crippen LogP) is 9.75. The molecule has 1 aliphatic rings. The van der Waals surface area contributed by atoms with Gasteiger partial charge in [-0.1, -0.05) is 77.8 Å². The van der Waals surface area contributed by atoms with Gasteiger partial charge in [0.15, 0.2) is 0 Å². The van der Waals surface area contributed by atoms with E-state index < -0.39 is 0 Å². The van der Waals surface area contributed by atoms with Crippen LogP contribution in [-0.2, 0) is 0 Å². The maximum atomic E-state index is 12.6. The van der Waals surface area contributed by atoms with Crippen LogP contribution in [0.5, 0.6) is 11.5 Å². The van der Waals surface area contributed by atoms with Crippen LogP contribution in [0.1, 0.15) is 126 Å². The summed E-state index contributed by atoms with van der Waals surface area (Å²) in [6, 6.07) is 15.5. The Labute approximate surface area is 220 Å². The number of benzene rings is 2. The summed E-state index contributed by atoms with van der Waals surface area (Å²) in [6.07, 6.45) is 17.1. The third-order valence-electron chi connectivity index (χ3n) is 8.02. The first-order valence-electron chi connectivity index (χ1n) is 14.6. The van der Waals surface area contributed by atoms with Crippen LogP contribution >= 0.6 is 0 Å². The average molecular weight is 493 g/mol. The summed E-state index contributed by atoms with van der Waals surface area (Å²) in [7, 11) is 0. The fraction of sp³-hybridized carbons (Fsp3) is 0.606. The summed E-state index contributed by atoms with van der Waals surface area (Å²) in [5.41, 5.74) is 1.92. The van der Waals surface area contributed by atoms with Crippen molar-refractivity contribution in [3.63, 3.8) is 0 Å². The van der Waals surface area contributed by atoms with Crippen molar-refractivity contribution in [2.45, 2.75) is 110 Å². The van der Waals surface area contributed by atoms with E-state index in [9.17, 15) is 4.79 Å². The van der Waals surface area contributed by atoms with Crippen LogP contribution in [-0.4, -0.2) is 12.6 Å². The van der Waals surface area contributed by atoms with Crippen molar-refractivity contribution in [3.05, 3.63) is 59.7 Å². The van der Waals surface area contributed by atoms with Crippen molar-refractivity contribution in [2.24, 2.45) is 11.8 Å². The van der Waals surface area contributed by atoms with Crippen LogP contribution in [0.2, 0.25) is 0 Å². The van der Waals surface area contributed by atoms with Crippen molar-refractivity contribution in [2.75, 3.05) is 6.61 Å². The summed E-state index contributed by atoms with van der Waals surface area (Å²) in [4.78, 5) is 12.6. The highest BCUT2D eigenvalue weighted by Crippen LogP contribution is 2.38. The highest BCUT2D eigenvalue weighted by atomic mass is 16.5. The molecule has 3 rings (SSSR count). The Bertz CT molecular complexity index is 863. The van der Waals surface area contributed by atoms with Gasteiger partial charge in [0.2, 0.25) is 0 Å². The number of hydrogen-bond acceptors (Lipinski definition) is 3. The third-order valence-corrected chi connectivity index (χ3v) is 8.02. The second-order valence-electron chi connectivity index (χ2n) is 10.9. The van der Waals surface area contributed by atoms with Gasteiger partial charge in [0, 0.05) is 0 Å². The lowest BCUT2D eigenvalue weighted by Crippen LogP contribution is -2.13. The SMILES string of the molecule is CCCCCCCC1CCC(c2ccc(OC(=O)c3ccc(OCCC[C@@H](C)CC)cc3)cc2)CC1. The molecule has 0 heterocycles. The van der Waals surface area contributed by atoms with Crippen LogP contribution in [0.15, 0.2) is 48.5 Å². The summed E-state index contributed by atoms with van der Waals surface area (Å²) in [6.45, 7) is 7.49. The molecule has 0 saturated heterocycles. The Morgan fingerprint density at radius 1 is 0.833 bits per heavy atom. The van der Waals surface area contributed by atoms with Gasteiger partial charge in [0.05, 0.1) is 12.2 Å². The Kier molecular flexibility index (Phi) is 12.4. The van der Waals surface area contributed by atoms with E-state index in [-0.39, 0.29) is 5.97 Å². The quantitative estimate of drug-likeness (QED) is 0.141. The second kappa shape index (κ2) is 15.7. The van der Waals surface area contributed by atoms with E-state index in [1.165, 1.54) is 82.6 Å². The van der Waals surface area contributed by atoms with Crippen molar-refractivity contribution < 1.29 is 14.3 Å². The molecule has 0 unspecified atom stereocenters. The number of hydrogen-bond donors (Lipinski definition) is 0. The van der Waals surface area contributed by atoms with E-state index in [2.05, 4.69) is 32.9 Å². The van der Waals surface area contributed by atoms with Crippen LogP contribution < -0.4 is 9.47 Å². The molecule has 198 valence electrons. The fourth-order valence-electron chi connectivity index (χ4n) is 5.31. The molecule has 0 spiro atoms. The smallest absolute Gasteiger partial charge is 0.343 e. The van der Waals surface area contributed by atoms with E-state index >= 15 is 0 Å². The molecule has 0 radical (unpaired) electrons. The predicted molar refractivity (Wildman–Crippen MR) is 150 cm³/mol. The lowest BCUT2D eigenvalue weighted by molar-refractivity contribution is 0.0734. The summed E-state index contributed by atoms with van der Waals surface area (Å²) in [5.74, 6) is 3.38. The number of carbonyl (C=O) groups excluding carboxylic acids is 1. The molecule has 1 fully saturated rings. The summed E-state index contributed by atoms with van der Waals surface area (Å²) >= 11 is 0. The molecule has 0 amide bonds. The molecule has 1 atom stereocenters. The molecule has 1 saturated carbocycles. The second-order valence-corrected chi connectivity index (χ2v) is 10.9. The monoisotopic (exact) mass is 492 g/mol. The maximum absolute atomic E-state index is 12.6. The van der Waals surface area contributed by atoms with Gasteiger partial charge in [0.1, 0.15) is 11.5 Å². The first-order valence-corrected chi connectivity index (χ1v) is 14.6. The minimum atomic E-state index is -0.328. The first kappa shape index (κ1) is 28.3. The molecule has 2 aromatic carbocycles. The molecule has 3 nitrogen and oxygen atoms in total. The van der Waals surface area contributed by atoms with Crippen molar-refractivity contribution in [1.29, 1.82) is 0 Å². The minimum Gasteiger partial charge on any atom is -0.494 e. The standard InChI is InChI=1S/C33H48O3/c1-4-6-7-8-9-12-27-13-15-28(16-14-27)29-17-23-32(24-18-29)36-33(34)30-19-21-31(22-20-30)35-25-10-11-26(3)5-2/h17-24,26-28H,4-16,25H2,1-3H3/t26-,27?,28?/m0/s1. The van der Waals surface area contributed by atoms with Gasteiger partial charge in [-0.25, -0.2) is 4.79 Å². The average Bonchev–Trinajstić information content (AvgIpc) is 2.92. The third kappa shape index (κ3) is 9.64. The van der Waals surface area contributed by atoms with Crippen LogP contribution in [0, 0.1) is 11.8 Å². The van der Waals surface area contributed by atoms with Gasteiger partial charge < -0.3 is 9.47 Å². The Hall–Kier alpha value is -2.29. The zero-order valence-corrected chi connectivity index (χ0v) is 23.0. The topological polar surface area (TPSA) is 35.5 Å². The molecule has 0 N–H and O–H groups in total. The van der Waals surface area contributed by atoms with Gasteiger partial charge in [-0.05, 0) is 98.2 Å². The Morgan fingerprint density at radius 2 is 1.50 bits per heavy atom. The van der Waals surface area contributed by atoms with E-state index in [0.717, 1.165) is 24.0 Å². The van der Waals surface area contributed by atoms with Gasteiger partial charge in [0.25, 0.3) is 0 Å². The number of esters is 1. The lowest BCUT2D eigenvalue weighted by Gasteiger charge is -2.29. The fourth-order valence-corrected chi connectivity index (χ4v) is 5.31. The molecule has 0 aromatic heterocycles. The van der Waals surface area contributed by atoms with Crippen molar-refractivity contribution >= 4 is 5.97 Å². The van der Waals surface area contributed by atoms with E-state index in [4.69, 9.17) is 9.47 Å². The number of carbonyl (C=O) groups is 1. The van der Waals surface area contributed by atoms with Gasteiger partial charge >= 0.3 is 5.97 Å². The highest BCUT2D eigenvalue weighted by Gasteiger charge is 2.22. The minimum absolute atomic E-state index is 0.328. The number of unbranched alkanes of at least 4 members (excludes halogenated alkanes) is 4. The molecular formula is C33H48O3. The lowest BCUT2D eigenvalue weighted by atomic mass is 9.77. The van der Waals surface area contributed by atoms with Crippen molar-refractivity contribution in [1.82, 2.24) is 0 Å². The summed E-state index contributed by atoms with van der Waals surface area (Å²) in [5, 5.41) is 0. The molecule has 0 aliphatic heterocycles. The van der Waals surface area contributed by atoms with Crippen LogP contribution in [0.4, 0.5) is 0 Å². The molecule has 2 aromatic rings. The van der Waals surface area contributed by atoms with Gasteiger partial charge in [-0.2, -0.15) is 0 Å². The van der Waals surface area contributed by atoms with Crippen LogP contribution in [0.25, 0.3) is 0 Å². The normalized spacial score (nSPS) is 18.5. The van der Waals surface area contributed by atoms with E-state index in [0.29, 0.717) is 23.8 Å². The number of rotatable bonds is 15. The maximum Gasteiger partial charge on any atom is 0.343 e. The zero-order valence-electron chi connectivity index (χ0n) is 23.0. The molecule has 3 heteroatoms. The highest BCUT2D eigenvalue weighted by molar-refractivity contribution is 5.91. The van der Waals surface area contributed by atoms with Gasteiger partial charge in [-0.15, -0.1) is 0 Å². The van der Waals surface area contributed by atoms with Crippen LogP contribution in [0.3, 0.4) is 0 Å². The summed E-state index contributed by atoms with van der Waals surface area (Å²) < 4.78 is 11.4. The molecular weight excluding hydrogens is 444 g/mol. The van der Waals surface area contributed by atoms with E-state index in [1.807, 2.05) is 24.3 Å². The number of ether oxygens (including phenoxy) is 2. The van der Waals surface area contributed by atoms with E-state index in [1.54, 1.807) is 12.1 Å². The Balaban J connectivity index is 1.38. The largest absolute Gasteiger partial charge is 0.494 e. The van der Waals surface area contributed by atoms with Gasteiger partial charge in [-0.3, -0.25) is 0 Å². The van der Waals surface area contributed by atoms with Crippen molar-refractivity contribution in [3.8, 4) is 11.5 Å². The zero-order chi connectivity index (χ0) is 25.6. The molecule has 0 bridgehead atoms. The first-order chi connectivity index (χ1) is 17.6. The molecule has 1 aliphatic carbocycles. The Morgan fingerprint density at radius 3 is 2.17 bits per heavy atom. The molecule has 36 heavy (non-hydrogen) atoms.